The first-order chi connectivity index (χ1) is 9.62. The second-order valence-corrected chi connectivity index (χ2v) is 6.26. The minimum atomic E-state index is -0.813. The number of carbonyl (C=O) groups is 2. The van der Waals surface area contributed by atoms with Gasteiger partial charge in [0, 0.05) is 37.9 Å². The van der Waals surface area contributed by atoms with Gasteiger partial charge >= 0.3 is 5.97 Å². The minimum absolute atomic E-state index is 0.109. The van der Waals surface area contributed by atoms with Crippen LogP contribution in [0.1, 0.15) is 22.5 Å². The molecule has 108 valence electrons. The molecule has 20 heavy (non-hydrogen) atoms. The summed E-state index contributed by atoms with van der Waals surface area (Å²) < 4.78 is 9.28. The highest BCUT2D eigenvalue weighted by atomic mass is 32.1. The number of aromatic nitrogens is 1. The van der Waals surface area contributed by atoms with Gasteiger partial charge < -0.3 is 14.7 Å². The van der Waals surface area contributed by atoms with Crippen molar-refractivity contribution in [3.8, 4) is 0 Å². The van der Waals surface area contributed by atoms with E-state index >= 15 is 0 Å². The monoisotopic (exact) mass is 296 g/mol. The van der Waals surface area contributed by atoms with Crippen LogP contribution in [0.5, 0.6) is 0 Å². The standard InChI is InChI=1S/C13H16N2O4S/c16-11(10-1-4-14-20-10)15-7-9(12(17)18)13(8-15)2-5-19-6-3-13/h1,4,9H,2-3,5-8H2,(H,17,18). The summed E-state index contributed by atoms with van der Waals surface area (Å²) in [5, 5.41) is 9.47. The maximum absolute atomic E-state index is 12.4. The zero-order valence-corrected chi connectivity index (χ0v) is 11.8. The van der Waals surface area contributed by atoms with E-state index in [9.17, 15) is 14.7 Å². The van der Waals surface area contributed by atoms with Crippen molar-refractivity contribution in [3.63, 3.8) is 0 Å². The van der Waals surface area contributed by atoms with Gasteiger partial charge in [-0.1, -0.05) is 0 Å². The average molecular weight is 296 g/mol. The van der Waals surface area contributed by atoms with Gasteiger partial charge in [-0.3, -0.25) is 9.59 Å². The van der Waals surface area contributed by atoms with Gasteiger partial charge in [0.1, 0.15) is 4.88 Å². The Kier molecular flexibility index (Phi) is 3.47. The molecule has 1 aromatic rings. The van der Waals surface area contributed by atoms with Crippen molar-refractivity contribution in [3.05, 3.63) is 17.1 Å². The van der Waals surface area contributed by atoms with Gasteiger partial charge in [0.05, 0.1) is 5.92 Å². The number of rotatable bonds is 2. The minimum Gasteiger partial charge on any atom is -0.481 e. The van der Waals surface area contributed by atoms with Gasteiger partial charge in [-0.05, 0) is 30.4 Å². The Morgan fingerprint density at radius 3 is 2.80 bits per heavy atom. The fraction of sp³-hybridized carbons (Fsp3) is 0.615. The van der Waals surface area contributed by atoms with Gasteiger partial charge in [0.15, 0.2) is 0 Å². The molecule has 1 atom stereocenters. The summed E-state index contributed by atoms with van der Waals surface area (Å²) >= 11 is 1.15. The summed E-state index contributed by atoms with van der Waals surface area (Å²) in [5.74, 6) is -1.42. The normalized spacial score (nSPS) is 25.0. The van der Waals surface area contributed by atoms with Gasteiger partial charge in [0.25, 0.3) is 5.91 Å². The van der Waals surface area contributed by atoms with Crippen LogP contribution in [0.4, 0.5) is 0 Å². The zero-order valence-electron chi connectivity index (χ0n) is 10.9. The molecule has 0 saturated carbocycles. The third-order valence-electron chi connectivity index (χ3n) is 4.37. The number of nitrogens with zero attached hydrogens (tertiary/aromatic N) is 2. The van der Waals surface area contributed by atoms with Crippen molar-refractivity contribution in [2.45, 2.75) is 12.8 Å². The summed E-state index contributed by atoms with van der Waals surface area (Å²) in [6.07, 6.45) is 3.00. The van der Waals surface area contributed by atoms with Crippen LogP contribution in [-0.4, -0.2) is 52.6 Å². The molecule has 3 rings (SSSR count). The van der Waals surface area contributed by atoms with E-state index in [-0.39, 0.29) is 17.9 Å². The van der Waals surface area contributed by atoms with Crippen LogP contribution in [0.15, 0.2) is 12.3 Å². The van der Waals surface area contributed by atoms with E-state index in [1.165, 1.54) is 0 Å². The first-order valence-electron chi connectivity index (χ1n) is 6.63. The van der Waals surface area contributed by atoms with E-state index in [0.717, 1.165) is 11.5 Å². The highest BCUT2D eigenvalue weighted by Gasteiger charge is 2.52. The maximum atomic E-state index is 12.4. The van der Waals surface area contributed by atoms with Crippen LogP contribution < -0.4 is 0 Å². The average Bonchev–Trinajstić information content (AvgIpc) is 3.07. The number of hydrogen-bond donors (Lipinski definition) is 1. The summed E-state index contributed by atoms with van der Waals surface area (Å²) in [6.45, 7) is 1.94. The van der Waals surface area contributed by atoms with Crippen LogP contribution >= 0.6 is 11.5 Å². The van der Waals surface area contributed by atoms with Crippen LogP contribution in [0.3, 0.4) is 0 Å². The largest absolute Gasteiger partial charge is 0.481 e. The summed E-state index contributed by atoms with van der Waals surface area (Å²) in [5.41, 5.74) is -0.329. The molecule has 1 amide bonds. The van der Waals surface area contributed by atoms with E-state index in [4.69, 9.17) is 4.74 Å². The van der Waals surface area contributed by atoms with E-state index in [0.29, 0.717) is 37.5 Å². The van der Waals surface area contributed by atoms with Gasteiger partial charge in [0.2, 0.25) is 0 Å². The molecule has 3 heterocycles. The third kappa shape index (κ3) is 2.20. The van der Waals surface area contributed by atoms with Gasteiger partial charge in [-0.25, -0.2) is 4.37 Å². The SMILES string of the molecule is O=C(O)C1CN(C(=O)c2ccns2)CC12CCOCC2. The Morgan fingerprint density at radius 1 is 1.45 bits per heavy atom. The van der Waals surface area contributed by atoms with E-state index < -0.39 is 11.9 Å². The molecular formula is C13H16N2O4S. The first kappa shape index (κ1) is 13.5. The fourth-order valence-electron chi connectivity index (χ4n) is 3.23. The smallest absolute Gasteiger partial charge is 0.308 e. The molecule has 0 aromatic carbocycles. The first-order valence-corrected chi connectivity index (χ1v) is 7.40. The zero-order chi connectivity index (χ0) is 14.2. The highest BCUT2D eigenvalue weighted by Crippen LogP contribution is 2.44. The number of likely N-dealkylation sites (tertiary alicyclic amines) is 1. The van der Waals surface area contributed by atoms with Crippen molar-refractivity contribution in [2.24, 2.45) is 11.3 Å². The number of amides is 1. The lowest BCUT2D eigenvalue weighted by atomic mass is 9.72. The number of carboxylic acids is 1. The number of aliphatic carboxylic acids is 1. The van der Waals surface area contributed by atoms with E-state index in [1.54, 1.807) is 17.2 Å². The van der Waals surface area contributed by atoms with Crippen LogP contribution in [0, 0.1) is 11.3 Å². The molecule has 1 N–H and O–H groups in total. The molecule has 2 saturated heterocycles. The van der Waals surface area contributed by atoms with Crippen molar-refractivity contribution < 1.29 is 19.4 Å². The molecule has 0 aliphatic carbocycles. The molecule has 0 radical (unpaired) electrons. The van der Waals surface area contributed by atoms with E-state index in [2.05, 4.69) is 4.37 Å². The Hall–Kier alpha value is -1.47. The Morgan fingerprint density at radius 2 is 2.20 bits per heavy atom. The van der Waals surface area contributed by atoms with Crippen LogP contribution in [0.25, 0.3) is 0 Å². The number of hydrogen-bond acceptors (Lipinski definition) is 5. The molecule has 0 bridgehead atoms. The summed E-state index contributed by atoms with van der Waals surface area (Å²) in [4.78, 5) is 26.1. The second kappa shape index (κ2) is 5.14. The van der Waals surface area contributed by atoms with Crippen LogP contribution in [-0.2, 0) is 9.53 Å². The molecule has 2 aliphatic rings. The predicted octanol–water partition coefficient (Wildman–Crippen LogP) is 1.10. The topological polar surface area (TPSA) is 79.7 Å². The molecule has 1 unspecified atom stereocenters. The Bertz CT molecular complexity index is 510. The number of carbonyl (C=O) groups excluding carboxylic acids is 1. The number of ether oxygens (including phenoxy) is 1. The predicted molar refractivity (Wildman–Crippen MR) is 71.6 cm³/mol. The molecular weight excluding hydrogens is 280 g/mol. The third-order valence-corrected chi connectivity index (χ3v) is 5.10. The molecule has 6 nitrogen and oxygen atoms in total. The Labute approximate surface area is 120 Å². The Balaban J connectivity index is 1.83. The molecule has 2 fully saturated rings. The van der Waals surface area contributed by atoms with E-state index in [1.807, 2.05) is 0 Å². The van der Waals surface area contributed by atoms with Crippen molar-refractivity contribution in [1.82, 2.24) is 9.27 Å². The molecule has 1 aromatic heterocycles. The van der Waals surface area contributed by atoms with Crippen LogP contribution in [0.2, 0.25) is 0 Å². The lowest BCUT2D eigenvalue weighted by Gasteiger charge is -2.36. The van der Waals surface area contributed by atoms with Gasteiger partial charge in [-0.15, -0.1) is 0 Å². The molecule has 7 heteroatoms. The van der Waals surface area contributed by atoms with Crippen molar-refractivity contribution >= 4 is 23.4 Å². The lowest BCUT2D eigenvalue weighted by Crippen LogP contribution is -2.40. The maximum Gasteiger partial charge on any atom is 0.308 e. The second-order valence-electron chi connectivity index (χ2n) is 5.43. The number of carboxylic acid groups (broad SMARTS) is 1. The van der Waals surface area contributed by atoms with Gasteiger partial charge in [-0.2, -0.15) is 0 Å². The summed E-state index contributed by atoms with van der Waals surface area (Å²) in [6, 6.07) is 1.68. The lowest BCUT2D eigenvalue weighted by molar-refractivity contribution is -0.146. The fourth-order valence-corrected chi connectivity index (χ4v) is 3.79. The quantitative estimate of drug-likeness (QED) is 0.884. The highest BCUT2D eigenvalue weighted by molar-refractivity contribution is 7.08. The molecule has 1 spiro atoms. The molecule has 2 aliphatic heterocycles. The van der Waals surface area contributed by atoms with Crippen molar-refractivity contribution in [1.29, 1.82) is 0 Å². The van der Waals surface area contributed by atoms with Crippen molar-refractivity contribution in [2.75, 3.05) is 26.3 Å². The summed E-state index contributed by atoms with van der Waals surface area (Å²) in [7, 11) is 0.